The van der Waals surface area contributed by atoms with Gasteiger partial charge in [0.15, 0.2) is 6.61 Å². The molecule has 0 saturated heterocycles. The molecule has 1 aromatic rings. The number of halogens is 1. The molecule has 0 radical (unpaired) electrons. The Morgan fingerprint density at radius 1 is 1.14 bits per heavy atom. The van der Waals surface area contributed by atoms with Gasteiger partial charge in [-0.05, 0) is 43.5 Å². The van der Waals surface area contributed by atoms with Crippen molar-refractivity contribution in [3.63, 3.8) is 0 Å². The van der Waals surface area contributed by atoms with Gasteiger partial charge in [0.25, 0.3) is 5.91 Å². The largest absolute Gasteiger partial charge is 0.484 e. The summed E-state index contributed by atoms with van der Waals surface area (Å²) in [5.41, 5.74) is -0.209. The molecule has 0 atom stereocenters. The van der Waals surface area contributed by atoms with Gasteiger partial charge < -0.3 is 15.4 Å². The second-order valence-electron chi connectivity index (χ2n) is 6.06. The van der Waals surface area contributed by atoms with Crippen molar-refractivity contribution in [1.82, 2.24) is 10.6 Å². The van der Waals surface area contributed by atoms with E-state index in [-0.39, 0.29) is 29.5 Å². The van der Waals surface area contributed by atoms with Crippen LogP contribution in [0.15, 0.2) is 24.3 Å². The Balaban J connectivity index is 1.42. The first-order valence-electron chi connectivity index (χ1n) is 6.89. The first kappa shape index (κ1) is 14.2. The third-order valence-electron chi connectivity index (χ3n) is 4.06. The Hall–Kier alpha value is -1.75. The molecule has 21 heavy (non-hydrogen) atoms. The van der Waals surface area contributed by atoms with Gasteiger partial charge in [-0.1, -0.05) is 11.6 Å². The summed E-state index contributed by atoms with van der Waals surface area (Å²) in [6, 6.07) is 6.88. The molecule has 2 bridgehead atoms. The highest BCUT2D eigenvalue weighted by atomic mass is 35.5. The minimum atomic E-state index is -0.138. The summed E-state index contributed by atoms with van der Waals surface area (Å²) in [4.78, 5) is 23.0. The fraction of sp³-hybridized carbons (Fsp3) is 0.467. The van der Waals surface area contributed by atoms with Crippen LogP contribution in [0.3, 0.4) is 0 Å². The molecule has 0 aromatic heterocycles. The monoisotopic (exact) mass is 308 g/mol. The molecule has 3 aliphatic rings. The van der Waals surface area contributed by atoms with E-state index in [1.165, 1.54) is 6.92 Å². The van der Waals surface area contributed by atoms with Gasteiger partial charge in [-0.15, -0.1) is 0 Å². The predicted octanol–water partition coefficient (Wildman–Crippen LogP) is 1.65. The van der Waals surface area contributed by atoms with Crippen molar-refractivity contribution >= 4 is 23.4 Å². The zero-order valence-corrected chi connectivity index (χ0v) is 12.5. The van der Waals surface area contributed by atoms with Crippen LogP contribution in [0.4, 0.5) is 0 Å². The van der Waals surface area contributed by atoms with Gasteiger partial charge in [-0.2, -0.15) is 0 Å². The molecule has 4 rings (SSSR count). The number of hydrogen-bond donors (Lipinski definition) is 2. The lowest BCUT2D eigenvalue weighted by Crippen LogP contribution is -2.83. The third-order valence-corrected chi connectivity index (χ3v) is 4.31. The molecule has 3 aliphatic carbocycles. The number of hydrogen-bond acceptors (Lipinski definition) is 3. The van der Waals surface area contributed by atoms with Crippen molar-refractivity contribution < 1.29 is 14.3 Å². The zero-order valence-electron chi connectivity index (χ0n) is 11.7. The van der Waals surface area contributed by atoms with E-state index >= 15 is 0 Å². The van der Waals surface area contributed by atoms with Crippen molar-refractivity contribution in [3.8, 4) is 5.75 Å². The van der Waals surface area contributed by atoms with Crippen LogP contribution in [0.5, 0.6) is 5.75 Å². The van der Waals surface area contributed by atoms with Crippen LogP contribution < -0.4 is 15.4 Å². The summed E-state index contributed by atoms with van der Waals surface area (Å²) in [6.07, 6.45) is 2.44. The maximum Gasteiger partial charge on any atom is 0.258 e. The van der Waals surface area contributed by atoms with Crippen molar-refractivity contribution in [3.05, 3.63) is 29.3 Å². The van der Waals surface area contributed by atoms with Gasteiger partial charge in [0.05, 0.1) is 0 Å². The van der Waals surface area contributed by atoms with E-state index < -0.39 is 0 Å². The quantitative estimate of drug-likeness (QED) is 0.869. The lowest BCUT2D eigenvalue weighted by Gasteiger charge is -2.70. The van der Waals surface area contributed by atoms with Crippen LogP contribution in [0.2, 0.25) is 5.02 Å². The van der Waals surface area contributed by atoms with E-state index in [1.807, 2.05) is 0 Å². The Kier molecular flexibility index (Phi) is 3.32. The molecule has 1 aromatic carbocycles. The van der Waals surface area contributed by atoms with Gasteiger partial charge in [0.1, 0.15) is 5.75 Å². The summed E-state index contributed by atoms with van der Waals surface area (Å²) in [6.45, 7) is 1.50. The Morgan fingerprint density at radius 3 is 2.29 bits per heavy atom. The highest BCUT2D eigenvalue weighted by molar-refractivity contribution is 6.30. The van der Waals surface area contributed by atoms with Crippen LogP contribution >= 0.6 is 11.6 Å². The van der Waals surface area contributed by atoms with Crippen LogP contribution in [0.1, 0.15) is 26.2 Å². The summed E-state index contributed by atoms with van der Waals surface area (Å²) < 4.78 is 5.40. The van der Waals surface area contributed by atoms with Gasteiger partial charge in [0, 0.05) is 23.0 Å². The topological polar surface area (TPSA) is 67.4 Å². The first-order chi connectivity index (χ1) is 9.90. The lowest BCUT2D eigenvalue weighted by atomic mass is 9.44. The molecule has 0 aliphatic heterocycles. The number of amides is 2. The van der Waals surface area contributed by atoms with Gasteiger partial charge >= 0.3 is 0 Å². The zero-order chi connectivity index (χ0) is 15.1. The molecule has 0 heterocycles. The molecular formula is C15H17ClN2O3. The van der Waals surface area contributed by atoms with E-state index in [9.17, 15) is 9.59 Å². The van der Waals surface area contributed by atoms with Gasteiger partial charge in [-0.3, -0.25) is 9.59 Å². The average Bonchev–Trinajstić information content (AvgIpc) is 2.33. The Bertz CT molecular complexity index is 565. The average molecular weight is 309 g/mol. The van der Waals surface area contributed by atoms with E-state index in [0.717, 1.165) is 19.3 Å². The standard InChI is InChI=1S/C15H17ClN2O3/c1-10(19)17-14-7-15(8-14,9-14)18-13(20)6-21-12-4-2-11(16)3-5-12/h2-5H,6-9H2,1H3,(H,17,19)(H,18,20). The van der Waals surface area contributed by atoms with Crippen LogP contribution in [0, 0.1) is 0 Å². The molecule has 112 valence electrons. The lowest BCUT2D eigenvalue weighted by molar-refractivity contribution is -0.149. The normalized spacial score (nSPS) is 28.9. The fourth-order valence-corrected chi connectivity index (χ4v) is 3.56. The van der Waals surface area contributed by atoms with Crippen LogP contribution in [-0.4, -0.2) is 29.5 Å². The SMILES string of the molecule is CC(=O)NC12CC(NC(=O)COc3ccc(Cl)cc3)(C1)C2. The summed E-state index contributed by atoms with van der Waals surface area (Å²) in [7, 11) is 0. The molecule has 3 saturated carbocycles. The third kappa shape index (κ3) is 2.83. The summed E-state index contributed by atoms with van der Waals surface area (Å²) in [5, 5.41) is 6.57. The second kappa shape index (κ2) is 4.91. The number of nitrogens with one attached hydrogen (secondary N) is 2. The molecule has 2 amide bonds. The van der Waals surface area contributed by atoms with Crippen LogP contribution in [-0.2, 0) is 9.59 Å². The minimum absolute atomic E-state index is 0.0132. The number of carbonyl (C=O) groups is 2. The first-order valence-corrected chi connectivity index (χ1v) is 7.26. The highest BCUT2D eigenvalue weighted by Gasteiger charge is 2.69. The van der Waals surface area contributed by atoms with E-state index in [2.05, 4.69) is 10.6 Å². The molecule has 6 heteroatoms. The molecular weight excluding hydrogens is 292 g/mol. The van der Waals surface area contributed by atoms with Gasteiger partial charge in [0.2, 0.25) is 5.91 Å². The second-order valence-corrected chi connectivity index (χ2v) is 6.50. The number of ether oxygens (including phenoxy) is 1. The number of carbonyl (C=O) groups excluding carboxylic acids is 2. The maximum absolute atomic E-state index is 11.9. The molecule has 2 N–H and O–H groups in total. The van der Waals surface area contributed by atoms with Crippen molar-refractivity contribution in [1.29, 1.82) is 0 Å². The molecule has 0 unspecified atom stereocenters. The molecule has 3 fully saturated rings. The Labute approximate surface area is 128 Å². The molecule has 5 nitrogen and oxygen atoms in total. The number of rotatable bonds is 5. The maximum atomic E-state index is 11.9. The highest BCUT2D eigenvalue weighted by Crippen LogP contribution is 2.60. The van der Waals surface area contributed by atoms with E-state index in [0.29, 0.717) is 10.8 Å². The Morgan fingerprint density at radius 2 is 1.71 bits per heavy atom. The molecule has 0 spiro atoms. The minimum Gasteiger partial charge on any atom is -0.484 e. The van der Waals surface area contributed by atoms with Crippen molar-refractivity contribution in [2.45, 2.75) is 37.3 Å². The fourth-order valence-electron chi connectivity index (χ4n) is 3.44. The van der Waals surface area contributed by atoms with E-state index in [4.69, 9.17) is 16.3 Å². The number of benzene rings is 1. The summed E-state index contributed by atoms with van der Waals surface area (Å²) >= 11 is 5.78. The van der Waals surface area contributed by atoms with E-state index in [1.54, 1.807) is 24.3 Å². The predicted molar refractivity (Wildman–Crippen MR) is 78.2 cm³/mol. The van der Waals surface area contributed by atoms with Crippen molar-refractivity contribution in [2.75, 3.05) is 6.61 Å². The van der Waals surface area contributed by atoms with Gasteiger partial charge in [-0.25, -0.2) is 0 Å². The summed E-state index contributed by atoms with van der Waals surface area (Å²) in [5.74, 6) is 0.462. The smallest absolute Gasteiger partial charge is 0.258 e. The van der Waals surface area contributed by atoms with Crippen molar-refractivity contribution in [2.24, 2.45) is 0 Å². The van der Waals surface area contributed by atoms with Crippen LogP contribution in [0.25, 0.3) is 0 Å².